The van der Waals surface area contributed by atoms with Crippen molar-refractivity contribution in [2.45, 2.75) is 28.5 Å². The van der Waals surface area contributed by atoms with Crippen molar-refractivity contribution in [1.29, 1.82) is 0 Å². The second-order valence-corrected chi connectivity index (χ2v) is 15.0. The summed E-state index contributed by atoms with van der Waals surface area (Å²) in [5.74, 6) is -5.24. The first-order valence-corrected chi connectivity index (χ1v) is 18.0. The molecule has 0 bridgehead atoms. The summed E-state index contributed by atoms with van der Waals surface area (Å²) in [6.45, 7) is 0. The van der Waals surface area contributed by atoms with Crippen LogP contribution in [0.2, 0.25) is 0 Å². The molecule has 6 atom stereocenters. The summed E-state index contributed by atoms with van der Waals surface area (Å²) in [6, 6.07) is 25.0. The molecule has 0 spiro atoms. The number of alkyl halides is 3. The summed E-state index contributed by atoms with van der Waals surface area (Å²) in [6.07, 6.45) is 1.91. The van der Waals surface area contributed by atoms with E-state index >= 15 is 0 Å². The van der Waals surface area contributed by atoms with Gasteiger partial charge in [0.05, 0.1) is 23.0 Å². The number of aromatic nitrogens is 1. The predicted octanol–water partition coefficient (Wildman–Crippen LogP) is 7.27. The summed E-state index contributed by atoms with van der Waals surface area (Å²) < 4.78 is 5.90. The third-order valence-corrected chi connectivity index (χ3v) is 12.8. The molecule has 9 nitrogen and oxygen atoms in total. The van der Waals surface area contributed by atoms with Crippen LogP contribution in [0.25, 0.3) is 33.3 Å². The van der Waals surface area contributed by atoms with Crippen LogP contribution in [0.1, 0.15) is 24.3 Å². The molecule has 6 unspecified atom stereocenters. The van der Waals surface area contributed by atoms with Gasteiger partial charge in [-0.3, -0.25) is 29.0 Å². The average Bonchev–Trinajstić information content (AvgIpc) is 3.72. The SMILES string of the molecule is O=C1C2CC=C3C(CC4(Cl)C(=O)N(CBr)C(=O)C4(Cl)C3c3ccc4ccccc4c3O)C2C(=O)N1c1ccc(-c2nc3ccccc3o2)cc1. The second-order valence-electron chi connectivity index (χ2n) is 13.3. The third kappa shape index (κ3) is 4.04. The van der Waals surface area contributed by atoms with E-state index in [0.29, 0.717) is 44.8 Å². The minimum atomic E-state index is -2.01. The van der Waals surface area contributed by atoms with E-state index in [4.69, 9.17) is 27.6 Å². The van der Waals surface area contributed by atoms with Gasteiger partial charge in [-0.15, -0.1) is 23.2 Å². The summed E-state index contributed by atoms with van der Waals surface area (Å²) in [4.78, 5) is 59.3. The van der Waals surface area contributed by atoms with E-state index in [1.807, 2.05) is 48.5 Å². The van der Waals surface area contributed by atoms with E-state index in [2.05, 4.69) is 20.9 Å². The number of phenolic OH excluding ortho intramolecular Hbond substituents is 1. The number of aromatic hydroxyl groups is 1. The number of phenols is 1. The molecule has 1 N–H and O–H groups in total. The molecule has 4 aliphatic rings. The lowest BCUT2D eigenvalue weighted by atomic mass is 9.56. The maximum absolute atomic E-state index is 14.5. The van der Waals surface area contributed by atoms with Crippen LogP contribution in [0.15, 0.2) is 101 Å². The van der Waals surface area contributed by atoms with E-state index in [9.17, 15) is 24.3 Å². The Morgan fingerprint density at radius 1 is 0.880 bits per heavy atom. The van der Waals surface area contributed by atoms with Crippen LogP contribution in [0.3, 0.4) is 0 Å². The molecule has 3 fully saturated rings. The molecule has 3 heterocycles. The Morgan fingerprint density at radius 3 is 2.38 bits per heavy atom. The molecule has 250 valence electrons. The number of rotatable bonds is 4. The number of halogens is 3. The highest BCUT2D eigenvalue weighted by atomic mass is 79.9. The second kappa shape index (κ2) is 11.0. The first-order chi connectivity index (χ1) is 24.1. The molecule has 0 radical (unpaired) electrons. The standard InChI is InChI=1S/C38H26BrCl2N3O6/c39-18-43-35(48)37(40)17-26-23(30(38(37,41)36(43)49)25-14-11-19-5-1-2-6-22(19)31(25)45)15-16-24-29(26)34(47)44(33(24)46)21-12-9-20(10-13-21)32-42-27-7-3-4-8-28(27)50-32/h1-15,24,26,29-30,45H,16-18H2. The fourth-order valence-corrected chi connectivity index (χ4v) is 10.0. The van der Waals surface area contributed by atoms with Crippen LogP contribution in [0, 0.1) is 17.8 Å². The van der Waals surface area contributed by atoms with Crippen LogP contribution in [-0.4, -0.2) is 53.8 Å². The number of allylic oxidation sites excluding steroid dienone is 2. The summed E-state index contributed by atoms with van der Waals surface area (Å²) in [7, 11) is 0. The largest absolute Gasteiger partial charge is 0.507 e. The number of carbonyl (C=O) groups excluding carboxylic acids is 4. The molecule has 9 rings (SSSR count). The normalized spacial score (nSPS) is 29.1. The topological polar surface area (TPSA) is 121 Å². The number of fused-ring (bicyclic) bond motifs is 6. The highest BCUT2D eigenvalue weighted by Crippen LogP contribution is 2.66. The quantitative estimate of drug-likeness (QED) is 0.0884. The van der Waals surface area contributed by atoms with E-state index in [-0.39, 0.29) is 30.0 Å². The number of anilines is 1. The number of oxazole rings is 1. The number of carbonyl (C=O) groups is 4. The van der Waals surface area contributed by atoms with Crippen molar-refractivity contribution in [2.24, 2.45) is 17.8 Å². The summed E-state index contributed by atoms with van der Waals surface area (Å²) in [5, 5.41) is 13.0. The Kier molecular flexibility index (Phi) is 6.92. The first kappa shape index (κ1) is 31.5. The van der Waals surface area contributed by atoms with E-state index in [1.165, 1.54) is 4.90 Å². The van der Waals surface area contributed by atoms with E-state index < -0.39 is 51.1 Å². The van der Waals surface area contributed by atoms with Crippen LogP contribution < -0.4 is 4.90 Å². The van der Waals surface area contributed by atoms with Gasteiger partial charge in [0.25, 0.3) is 11.8 Å². The maximum Gasteiger partial charge on any atom is 0.254 e. The number of benzene rings is 4. The molecule has 1 aromatic heterocycles. The number of nitrogens with zero attached hydrogens (tertiary/aromatic N) is 3. The predicted molar refractivity (Wildman–Crippen MR) is 191 cm³/mol. The molecular formula is C38H26BrCl2N3O6. The third-order valence-electron chi connectivity index (χ3n) is 10.9. The molecule has 50 heavy (non-hydrogen) atoms. The molecule has 12 heteroatoms. The van der Waals surface area contributed by atoms with E-state index in [1.54, 1.807) is 42.5 Å². The van der Waals surface area contributed by atoms with Crippen molar-refractivity contribution >= 4 is 90.3 Å². The zero-order valence-electron chi connectivity index (χ0n) is 26.1. The van der Waals surface area contributed by atoms with Crippen LogP contribution >= 0.6 is 39.1 Å². The zero-order valence-corrected chi connectivity index (χ0v) is 29.2. The van der Waals surface area contributed by atoms with E-state index in [0.717, 1.165) is 10.3 Å². The van der Waals surface area contributed by atoms with Crippen molar-refractivity contribution < 1.29 is 28.7 Å². The first-order valence-electron chi connectivity index (χ1n) is 16.1. The highest BCUT2D eigenvalue weighted by molar-refractivity contribution is 9.09. The van der Waals surface area contributed by atoms with Crippen molar-refractivity contribution in [2.75, 3.05) is 10.4 Å². The number of para-hydroxylation sites is 2. The Bertz CT molecular complexity index is 2330. The Hall–Kier alpha value is -4.51. The summed E-state index contributed by atoms with van der Waals surface area (Å²) >= 11 is 18.0. The molecule has 4 amide bonds. The number of imide groups is 2. The maximum atomic E-state index is 14.5. The van der Waals surface area contributed by atoms with Crippen molar-refractivity contribution in [3.63, 3.8) is 0 Å². The number of likely N-dealkylation sites (tertiary alicyclic amines) is 1. The minimum Gasteiger partial charge on any atom is -0.507 e. The van der Waals surface area contributed by atoms with Crippen molar-refractivity contribution in [3.8, 4) is 17.2 Å². The average molecular weight is 771 g/mol. The monoisotopic (exact) mass is 769 g/mol. The number of amides is 4. The minimum absolute atomic E-state index is 0.0946. The van der Waals surface area contributed by atoms with Gasteiger partial charge in [-0.1, -0.05) is 76.1 Å². The lowest BCUT2D eigenvalue weighted by Gasteiger charge is -2.50. The Labute approximate surface area is 303 Å². The van der Waals surface area contributed by atoms with Gasteiger partial charge in [0.1, 0.15) is 11.3 Å². The fourth-order valence-electron chi connectivity index (χ4n) is 8.61. The highest BCUT2D eigenvalue weighted by Gasteiger charge is 2.76. The molecule has 1 saturated carbocycles. The lowest BCUT2D eigenvalue weighted by molar-refractivity contribution is -0.138. The fraction of sp³-hybridized carbons (Fsp3) is 0.237. The van der Waals surface area contributed by atoms with Gasteiger partial charge in [0, 0.05) is 22.4 Å². The van der Waals surface area contributed by atoms with Gasteiger partial charge in [0.15, 0.2) is 15.3 Å². The van der Waals surface area contributed by atoms with Crippen LogP contribution in [0.4, 0.5) is 5.69 Å². The van der Waals surface area contributed by atoms with Crippen LogP contribution in [-0.2, 0) is 19.2 Å². The molecule has 2 aliphatic heterocycles. The molecular weight excluding hydrogens is 745 g/mol. The molecule has 4 aromatic carbocycles. The van der Waals surface area contributed by atoms with Gasteiger partial charge in [-0.05, 0) is 60.5 Å². The zero-order chi connectivity index (χ0) is 34.7. The Morgan fingerprint density at radius 2 is 1.62 bits per heavy atom. The smallest absolute Gasteiger partial charge is 0.254 e. The summed E-state index contributed by atoms with van der Waals surface area (Å²) in [5.41, 5.74) is 3.22. The van der Waals surface area contributed by atoms with Crippen molar-refractivity contribution in [1.82, 2.24) is 9.88 Å². The van der Waals surface area contributed by atoms with Gasteiger partial charge < -0.3 is 9.52 Å². The van der Waals surface area contributed by atoms with Gasteiger partial charge in [-0.25, -0.2) is 4.98 Å². The van der Waals surface area contributed by atoms with Gasteiger partial charge in [-0.2, -0.15) is 0 Å². The lowest BCUT2D eigenvalue weighted by Crippen LogP contribution is -2.60. The Balaban J connectivity index is 1.13. The molecule has 2 aliphatic carbocycles. The van der Waals surface area contributed by atoms with Crippen LogP contribution in [0.5, 0.6) is 5.75 Å². The molecule has 5 aromatic rings. The van der Waals surface area contributed by atoms with Gasteiger partial charge in [0.2, 0.25) is 17.7 Å². The number of hydrogen-bond donors (Lipinski definition) is 1. The molecule has 2 saturated heterocycles. The van der Waals surface area contributed by atoms with Crippen molar-refractivity contribution in [3.05, 3.63) is 102 Å². The number of hydrogen-bond acceptors (Lipinski definition) is 7. The van der Waals surface area contributed by atoms with Gasteiger partial charge >= 0.3 is 0 Å².